The molecule has 1 aromatic carbocycles. The van der Waals surface area contributed by atoms with Crippen LogP contribution >= 0.6 is 0 Å². The molecular formula is C13H15N3O5. The monoisotopic (exact) mass is 293 g/mol. The van der Waals surface area contributed by atoms with E-state index >= 15 is 0 Å². The van der Waals surface area contributed by atoms with Gasteiger partial charge in [0.2, 0.25) is 0 Å². The lowest BCUT2D eigenvalue weighted by atomic mass is 10.0. The fraction of sp³-hybridized carbons (Fsp3) is 0.385. The van der Waals surface area contributed by atoms with Crippen LogP contribution in [0.5, 0.6) is 0 Å². The number of urea groups is 1. The largest absolute Gasteiger partial charge is 0.480 e. The van der Waals surface area contributed by atoms with Crippen LogP contribution < -0.4 is 5.32 Å². The SMILES string of the molecule is O=C(O)C1CCCCN1C(=O)Nc1cccc([N+](=O)[O-])c1. The highest BCUT2D eigenvalue weighted by atomic mass is 16.6. The molecule has 8 nitrogen and oxygen atoms in total. The number of nitro groups is 1. The van der Waals surface area contributed by atoms with Crippen LogP contribution in [0.1, 0.15) is 19.3 Å². The number of piperidine rings is 1. The van der Waals surface area contributed by atoms with E-state index in [2.05, 4.69) is 5.32 Å². The normalized spacial score (nSPS) is 18.1. The molecule has 21 heavy (non-hydrogen) atoms. The second kappa shape index (κ2) is 6.21. The number of amides is 2. The summed E-state index contributed by atoms with van der Waals surface area (Å²) in [6.45, 7) is 0.359. The molecule has 0 spiro atoms. The highest BCUT2D eigenvalue weighted by molar-refractivity contribution is 5.92. The minimum Gasteiger partial charge on any atom is -0.480 e. The van der Waals surface area contributed by atoms with E-state index < -0.39 is 23.0 Å². The van der Waals surface area contributed by atoms with Gasteiger partial charge in [0, 0.05) is 24.4 Å². The number of benzene rings is 1. The number of anilines is 1. The molecule has 0 bridgehead atoms. The van der Waals surface area contributed by atoms with Crippen LogP contribution in [0.15, 0.2) is 24.3 Å². The Kier molecular flexibility index (Phi) is 4.36. The predicted molar refractivity (Wildman–Crippen MR) is 74.1 cm³/mol. The van der Waals surface area contributed by atoms with E-state index in [1.54, 1.807) is 0 Å². The summed E-state index contributed by atoms with van der Waals surface area (Å²) < 4.78 is 0. The summed E-state index contributed by atoms with van der Waals surface area (Å²) in [6, 6.07) is 4.12. The number of nitro benzene ring substituents is 1. The third kappa shape index (κ3) is 3.47. The number of hydrogen-bond acceptors (Lipinski definition) is 4. The number of carboxylic acids is 1. The molecule has 2 amide bonds. The van der Waals surface area contributed by atoms with Crippen LogP contribution in [-0.4, -0.2) is 39.5 Å². The third-order valence-electron chi connectivity index (χ3n) is 3.36. The van der Waals surface area contributed by atoms with Gasteiger partial charge in [-0.2, -0.15) is 0 Å². The van der Waals surface area contributed by atoms with Gasteiger partial charge in [-0.05, 0) is 25.3 Å². The van der Waals surface area contributed by atoms with E-state index in [0.717, 1.165) is 12.8 Å². The number of non-ortho nitro benzene ring substituents is 1. The Morgan fingerprint density at radius 2 is 2.14 bits per heavy atom. The van der Waals surface area contributed by atoms with Gasteiger partial charge in [-0.1, -0.05) is 6.07 Å². The molecule has 1 aromatic rings. The summed E-state index contributed by atoms with van der Waals surface area (Å²) in [5, 5.41) is 22.3. The first-order valence-corrected chi connectivity index (χ1v) is 6.54. The Balaban J connectivity index is 2.11. The van der Waals surface area contributed by atoms with Gasteiger partial charge >= 0.3 is 12.0 Å². The topological polar surface area (TPSA) is 113 Å². The number of nitrogens with zero attached hydrogens (tertiary/aromatic N) is 2. The second-order valence-electron chi connectivity index (χ2n) is 4.78. The van der Waals surface area contributed by atoms with Crippen molar-refractivity contribution in [2.45, 2.75) is 25.3 Å². The van der Waals surface area contributed by atoms with Crippen molar-refractivity contribution in [1.82, 2.24) is 4.90 Å². The summed E-state index contributed by atoms with van der Waals surface area (Å²) in [5.41, 5.74) is 0.130. The average Bonchev–Trinajstić information content (AvgIpc) is 2.47. The smallest absolute Gasteiger partial charge is 0.326 e. The Labute approximate surface area is 120 Å². The molecule has 1 atom stereocenters. The molecule has 0 radical (unpaired) electrons. The molecule has 1 aliphatic heterocycles. The Morgan fingerprint density at radius 3 is 2.81 bits per heavy atom. The summed E-state index contributed by atoms with van der Waals surface area (Å²) in [5.74, 6) is -1.04. The first-order valence-electron chi connectivity index (χ1n) is 6.54. The molecule has 2 rings (SSSR count). The van der Waals surface area contributed by atoms with E-state index in [-0.39, 0.29) is 11.4 Å². The highest BCUT2D eigenvalue weighted by Gasteiger charge is 2.32. The van der Waals surface area contributed by atoms with Crippen molar-refractivity contribution in [3.63, 3.8) is 0 Å². The fourth-order valence-corrected chi connectivity index (χ4v) is 2.32. The number of carbonyl (C=O) groups is 2. The zero-order valence-corrected chi connectivity index (χ0v) is 11.2. The molecule has 1 saturated heterocycles. The lowest BCUT2D eigenvalue weighted by molar-refractivity contribution is -0.384. The van der Waals surface area contributed by atoms with Crippen LogP contribution in [0, 0.1) is 10.1 Å². The molecule has 0 saturated carbocycles. The second-order valence-corrected chi connectivity index (χ2v) is 4.78. The third-order valence-corrected chi connectivity index (χ3v) is 3.36. The number of nitrogens with one attached hydrogen (secondary N) is 1. The van der Waals surface area contributed by atoms with Crippen LogP contribution in [0.25, 0.3) is 0 Å². The summed E-state index contributed by atoms with van der Waals surface area (Å²) >= 11 is 0. The van der Waals surface area contributed by atoms with Gasteiger partial charge in [0.25, 0.3) is 5.69 Å². The zero-order valence-electron chi connectivity index (χ0n) is 11.2. The van der Waals surface area contributed by atoms with Crippen LogP contribution in [0.4, 0.5) is 16.2 Å². The van der Waals surface area contributed by atoms with Crippen molar-refractivity contribution in [1.29, 1.82) is 0 Å². The van der Waals surface area contributed by atoms with Gasteiger partial charge in [0.05, 0.1) is 4.92 Å². The van der Waals surface area contributed by atoms with E-state index in [9.17, 15) is 19.7 Å². The van der Waals surface area contributed by atoms with Crippen molar-refractivity contribution in [2.75, 3.05) is 11.9 Å². The van der Waals surface area contributed by atoms with E-state index in [0.29, 0.717) is 13.0 Å². The zero-order chi connectivity index (χ0) is 15.4. The molecule has 2 N–H and O–H groups in total. The molecule has 1 heterocycles. The lowest BCUT2D eigenvalue weighted by Crippen LogP contribution is -2.49. The molecule has 1 aliphatic rings. The van der Waals surface area contributed by atoms with E-state index in [1.165, 1.54) is 29.2 Å². The first-order chi connectivity index (χ1) is 9.99. The first kappa shape index (κ1) is 14.8. The van der Waals surface area contributed by atoms with Gasteiger partial charge in [-0.3, -0.25) is 10.1 Å². The minimum absolute atomic E-state index is 0.138. The molecule has 112 valence electrons. The number of rotatable bonds is 3. The van der Waals surface area contributed by atoms with Crippen molar-refractivity contribution in [2.24, 2.45) is 0 Å². The summed E-state index contributed by atoms with van der Waals surface area (Å²) in [6.07, 6.45) is 1.92. The van der Waals surface area contributed by atoms with Gasteiger partial charge < -0.3 is 15.3 Å². The van der Waals surface area contributed by atoms with Crippen LogP contribution in [0.2, 0.25) is 0 Å². The maximum absolute atomic E-state index is 12.1. The molecule has 1 fully saturated rings. The number of aliphatic carboxylic acids is 1. The number of carboxylic acid groups (broad SMARTS) is 1. The van der Waals surface area contributed by atoms with Crippen molar-refractivity contribution in [3.8, 4) is 0 Å². The lowest BCUT2D eigenvalue weighted by Gasteiger charge is -2.32. The number of likely N-dealkylation sites (tertiary alicyclic amines) is 1. The Bertz CT molecular complexity index is 575. The number of hydrogen-bond donors (Lipinski definition) is 2. The maximum Gasteiger partial charge on any atom is 0.326 e. The summed E-state index contributed by atoms with van der Waals surface area (Å²) in [7, 11) is 0. The molecular weight excluding hydrogens is 278 g/mol. The van der Waals surface area contributed by atoms with Gasteiger partial charge in [0.15, 0.2) is 0 Å². The minimum atomic E-state index is -1.04. The standard InChI is InChI=1S/C13H15N3O5/c17-12(18)11-6-1-2-7-15(11)13(19)14-9-4-3-5-10(8-9)16(20)21/h3-5,8,11H,1-2,6-7H2,(H,14,19)(H,17,18). The number of carbonyl (C=O) groups excluding carboxylic acids is 1. The average molecular weight is 293 g/mol. The van der Waals surface area contributed by atoms with Crippen molar-refractivity contribution < 1.29 is 19.6 Å². The molecule has 0 aromatic heterocycles. The predicted octanol–water partition coefficient (Wildman–Crippen LogP) is 2.07. The Hall–Kier alpha value is -2.64. The van der Waals surface area contributed by atoms with Crippen LogP contribution in [-0.2, 0) is 4.79 Å². The van der Waals surface area contributed by atoms with Gasteiger partial charge in [0.1, 0.15) is 6.04 Å². The van der Waals surface area contributed by atoms with E-state index in [1.807, 2.05) is 0 Å². The quantitative estimate of drug-likeness (QED) is 0.654. The highest BCUT2D eigenvalue weighted by Crippen LogP contribution is 2.21. The fourth-order valence-electron chi connectivity index (χ4n) is 2.32. The maximum atomic E-state index is 12.1. The Morgan fingerprint density at radius 1 is 1.38 bits per heavy atom. The molecule has 8 heteroatoms. The van der Waals surface area contributed by atoms with Gasteiger partial charge in [-0.15, -0.1) is 0 Å². The van der Waals surface area contributed by atoms with Crippen LogP contribution in [0.3, 0.4) is 0 Å². The van der Waals surface area contributed by atoms with Crippen molar-refractivity contribution in [3.05, 3.63) is 34.4 Å². The van der Waals surface area contributed by atoms with Gasteiger partial charge in [-0.25, -0.2) is 9.59 Å². The van der Waals surface area contributed by atoms with Crippen molar-refractivity contribution >= 4 is 23.4 Å². The summed E-state index contributed by atoms with van der Waals surface area (Å²) in [4.78, 5) is 34.7. The molecule has 0 aliphatic carbocycles. The molecule has 1 unspecified atom stereocenters. The van der Waals surface area contributed by atoms with E-state index in [4.69, 9.17) is 5.11 Å².